The van der Waals surface area contributed by atoms with Crippen LogP contribution in [0.3, 0.4) is 0 Å². The second kappa shape index (κ2) is 5.69. The van der Waals surface area contributed by atoms with E-state index in [1.54, 1.807) is 0 Å². The fourth-order valence-electron chi connectivity index (χ4n) is 0.560. The molecule has 0 unspecified atom stereocenters. The molecule has 13 heavy (non-hydrogen) atoms. The molecule has 78 valence electrons. The summed E-state index contributed by atoms with van der Waals surface area (Å²) in [6.45, 7) is 0.520. The molecule has 0 aromatic carbocycles. The molecule has 0 aliphatic heterocycles. The van der Waals surface area contributed by atoms with Gasteiger partial charge in [0, 0.05) is 6.54 Å². The van der Waals surface area contributed by atoms with E-state index in [0.717, 1.165) is 6.42 Å². The topological polar surface area (TPSA) is 70.6 Å². The van der Waals surface area contributed by atoms with Gasteiger partial charge >= 0.3 is 0 Å². The molecule has 0 bridgehead atoms. The van der Waals surface area contributed by atoms with Gasteiger partial charge in [-0.15, -0.1) is 0 Å². The Labute approximate surface area is 75.8 Å². The lowest BCUT2D eigenvalue weighted by Crippen LogP contribution is -2.34. The van der Waals surface area contributed by atoms with Crippen molar-refractivity contribution < 1.29 is 13.9 Å². The average Bonchev–Trinajstić information content (AvgIpc) is 2.11. The Morgan fingerprint density at radius 2 is 2.23 bits per heavy atom. The maximum Gasteiger partial charge on any atom is 0.289 e. The van der Waals surface area contributed by atoms with Gasteiger partial charge in [-0.3, -0.25) is 0 Å². The van der Waals surface area contributed by atoms with Gasteiger partial charge in [-0.2, -0.15) is 0 Å². The highest BCUT2D eigenvalue weighted by atomic mass is 19.3. The quantitative estimate of drug-likeness (QED) is 0.425. The van der Waals surface area contributed by atoms with Crippen LogP contribution in [-0.2, 0) is 0 Å². The van der Waals surface area contributed by atoms with Gasteiger partial charge in [0.25, 0.3) is 5.92 Å². The number of alkyl halides is 2. The van der Waals surface area contributed by atoms with Crippen LogP contribution in [0.5, 0.6) is 0 Å². The van der Waals surface area contributed by atoms with Gasteiger partial charge in [0.05, 0.1) is 0 Å². The predicted molar refractivity (Wildman–Crippen MR) is 46.8 cm³/mol. The lowest BCUT2D eigenvalue weighted by Gasteiger charge is -2.10. The van der Waals surface area contributed by atoms with Crippen LogP contribution in [0, 0.1) is 0 Å². The number of rotatable bonds is 5. The van der Waals surface area contributed by atoms with Gasteiger partial charge in [0.2, 0.25) is 0 Å². The summed E-state index contributed by atoms with van der Waals surface area (Å²) in [5.41, 5.74) is 5.25. The molecule has 0 aromatic heterocycles. The van der Waals surface area contributed by atoms with Crippen LogP contribution in [0.4, 0.5) is 8.78 Å². The van der Waals surface area contributed by atoms with Crippen LogP contribution in [-0.4, -0.2) is 36.7 Å². The largest absolute Gasteiger partial charge is 0.390 e. The fraction of sp³-hybridized carbons (Fsp3) is 0.857. The Hall–Kier alpha value is -0.910. The molecule has 6 heteroatoms. The predicted octanol–water partition coefficient (Wildman–Crippen LogP) is -0.0717. The van der Waals surface area contributed by atoms with E-state index < -0.39 is 19.1 Å². The molecule has 0 radical (unpaired) electrons. The van der Waals surface area contributed by atoms with E-state index >= 15 is 0 Å². The van der Waals surface area contributed by atoms with Gasteiger partial charge in [-0.1, -0.05) is 6.92 Å². The standard InChI is InChI=1S/C7H15F2N3O/c1-2-3-11-6(10)12-4-7(8,9)5-13/h13H,2-5H2,1H3,(H3,10,11,12). The van der Waals surface area contributed by atoms with Crippen LogP contribution in [0.1, 0.15) is 13.3 Å². The zero-order chi connectivity index (χ0) is 10.3. The van der Waals surface area contributed by atoms with Crippen LogP contribution in [0.2, 0.25) is 0 Å². The van der Waals surface area contributed by atoms with Crippen molar-refractivity contribution in [2.24, 2.45) is 10.7 Å². The number of guanidine groups is 1. The number of aliphatic hydroxyl groups is 1. The van der Waals surface area contributed by atoms with E-state index in [-0.39, 0.29) is 5.96 Å². The normalized spacial score (nSPS) is 13.1. The van der Waals surface area contributed by atoms with Crippen LogP contribution >= 0.6 is 0 Å². The minimum absolute atomic E-state index is 0.0185. The van der Waals surface area contributed by atoms with Crippen molar-refractivity contribution in [3.63, 3.8) is 0 Å². The summed E-state index contributed by atoms with van der Waals surface area (Å²) in [7, 11) is 0. The van der Waals surface area contributed by atoms with E-state index in [1.807, 2.05) is 6.92 Å². The Bertz CT molecular complexity index is 173. The van der Waals surface area contributed by atoms with Crippen molar-refractivity contribution in [1.29, 1.82) is 0 Å². The smallest absolute Gasteiger partial charge is 0.289 e. The van der Waals surface area contributed by atoms with E-state index in [1.165, 1.54) is 0 Å². The van der Waals surface area contributed by atoms with Crippen molar-refractivity contribution >= 4 is 5.96 Å². The maximum atomic E-state index is 12.4. The summed E-state index contributed by atoms with van der Waals surface area (Å²) in [5, 5.41) is 10.8. The highest BCUT2D eigenvalue weighted by Crippen LogP contribution is 2.11. The first-order valence-electron chi connectivity index (χ1n) is 4.04. The van der Waals surface area contributed by atoms with Gasteiger partial charge in [-0.25, -0.2) is 13.8 Å². The fourth-order valence-corrected chi connectivity index (χ4v) is 0.560. The van der Waals surface area contributed by atoms with E-state index in [2.05, 4.69) is 10.3 Å². The molecule has 0 aliphatic carbocycles. The SMILES string of the molecule is CCCNC(N)=NCC(F)(F)CO. The highest BCUT2D eigenvalue weighted by Gasteiger charge is 2.27. The third-order valence-electron chi connectivity index (χ3n) is 1.27. The number of halogens is 2. The molecule has 0 aromatic rings. The first-order valence-corrected chi connectivity index (χ1v) is 4.04. The van der Waals surface area contributed by atoms with Gasteiger partial charge in [-0.05, 0) is 6.42 Å². The maximum absolute atomic E-state index is 12.4. The second-order valence-electron chi connectivity index (χ2n) is 2.64. The molecule has 0 rings (SSSR count). The van der Waals surface area contributed by atoms with E-state index in [9.17, 15) is 8.78 Å². The molecular formula is C7H15F2N3O. The van der Waals surface area contributed by atoms with Crippen molar-refractivity contribution in [3.05, 3.63) is 0 Å². The number of hydrogen-bond acceptors (Lipinski definition) is 2. The molecular weight excluding hydrogens is 180 g/mol. The zero-order valence-electron chi connectivity index (χ0n) is 7.56. The highest BCUT2D eigenvalue weighted by molar-refractivity contribution is 5.77. The minimum Gasteiger partial charge on any atom is -0.390 e. The number of aliphatic imine (C=N–C) groups is 1. The van der Waals surface area contributed by atoms with Crippen molar-refractivity contribution in [2.45, 2.75) is 19.3 Å². The van der Waals surface area contributed by atoms with Crippen LogP contribution < -0.4 is 11.1 Å². The Kier molecular flexibility index (Phi) is 5.29. The number of hydrogen-bond donors (Lipinski definition) is 3. The van der Waals surface area contributed by atoms with Crippen LogP contribution in [0.15, 0.2) is 4.99 Å². The second-order valence-corrected chi connectivity index (χ2v) is 2.64. The third kappa shape index (κ3) is 6.27. The van der Waals surface area contributed by atoms with Crippen molar-refractivity contribution in [1.82, 2.24) is 5.32 Å². The molecule has 0 saturated carbocycles. The molecule has 0 saturated heterocycles. The molecule has 0 fully saturated rings. The Morgan fingerprint density at radius 3 is 2.69 bits per heavy atom. The Balaban J connectivity index is 3.82. The first-order chi connectivity index (χ1) is 6.02. The van der Waals surface area contributed by atoms with Gasteiger partial charge in [0.1, 0.15) is 13.2 Å². The summed E-state index contributed by atoms with van der Waals surface area (Å²) >= 11 is 0. The van der Waals surface area contributed by atoms with Gasteiger partial charge in [0.15, 0.2) is 5.96 Å². The summed E-state index contributed by atoms with van der Waals surface area (Å²) in [5.74, 6) is -3.20. The summed E-state index contributed by atoms with van der Waals surface area (Å²) in [6, 6.07) is 0. The molecule has 4 nitrogen and oxygen atoms in total. The lowest BCUT2D eigenvalue weighted by molar-refractivity contribution is -0.0404. The summed E-state index contributed by atoms with van der Waals surface area (Å²) in [6.07, 6.45) is 0.840. The minimum atomic E-state index is -3.18. The van der Waals surface area contributed by atoms with E-state index in [4.69, 9.17) is 10.8 Å². The molecule has 0 spiro atoms. The van der Waals surface area contributed by atoms with E-state index in [0.29, 0.717) is 6.54 Å². The molecule has 0 atom stereocenters. The third-order valence-corrected chi connectivity index (χ3v) is 1.27. The number of nitrogens with one attached hydrogen (secondary N) is 1. The molecule has 0 heterocycles. The summed E-state index contributed by atoms with van der Waals surface area (Å²) in [4.78, 5) is 3.38. The average molecular weight is 195 g/mol. The monoisotopic (exact) mass is 195 g/mol. The molecule has 0 amide bonds. The van der Waals surface area contributed by atoms with Crippen molar-refractivity contribution in [2.75, 3.05) is 19.7 Å². The number of nitrogens with zero attached hydrogens (tertiary/aromatic N) is 1. The molecule has 0 aliphatic rings. The Morgan fingerprint density at radius 1 is 1.62 bits per heavy atom. The van der Waals surface area contributed by atoms with Crippen LogP contribution in [0.25, 0.3) is 0 Å². The lowest BCUT2D eigenvalue weighted by atomic mass is 10.4. The van der Waals surface area contributed by atoms with Gasteiger partial charge < -0.3 is 16.2 Å². The van der Waals surface area contributed by atoms with Crippen molar-refractivity contribution in [3.8, 4) is 0 Å². The summed E-state index contributed by atoms with van der Waals surface area (Å²) < 4.78 is 24.8. The molecule has 4 N–H and O–H groups in total. The zero-order valence-corrected chi connectivity index (χ0v) is 7.56. The first kappa shape index (κ1) is 12.1. The number of aliphatic hydroxyl groups excluding tert-OH is 1. The number of nitrogens with two attached hydrogens (primary N) is 1.